The van der Waals surface area contributed by atoms with Crippen LogP contribution >= 0.6 is 0 Å². The van der Waals surface area contributed by atoms with Gasteiger partial charge in [-0.3, -0.25) is 4.90 Å². The van der Waals surface area contributed by atoms with Crippen LogP contribution in [0.2, 0.25) is 0 Å². The lowest BCUT2D eigenvalue weighted by atomic mass is 9.93. The van der Waals surface area contributed by atoms with Crippen LogP contribution in [0.1, 0.15) is 57.2 Å². The van der Waals surface area contributed by atoms with Crippen LogP contribution in [0, 0.1) is 5.92 Å². The fourth-order valence-electron chi connectivity index (χ4n) is 3.44. The minimum absolute atomic E-state index is 0.438. The van der Waals surface area contributed by atoms with Crippen molar-refractivity contribution in [2.24, 2.45) is 5.92 Å². The topological polar surface area (TPSA) is 15.3 Å². The fraction of sp³-hybridized carbons (Fsp3) is 0.684. The highest BCUT2D eigenvalue weighted by Crippen LogP contribution is 2.24. The van der Waals surface area contributed by atoms with E-state index in [2.05, 4.69) is 62.3 Å². The molecule has 1 aromatic carbocycles. The monoisotopic (exact) mass is 288 g/mol. The largest absolute Gasteiger partial charge is 0.312 e. The Morgan fingerprint density at radius 1 is 1.19 bits per heavy atom. The zero-order valence-corrected chi connectivity index (χ0v) is 14.2. The summed E-state index contributed by atoms with van der Waals surface area (Å²) in [6, 6.07) is 10.4. The van der Waals surface area contributed by atoms with Gasteiger partial charge in [0.25, 0.3) is 0 Å². The summed E-state index contributed by atoms with van der Waals surface area (Å²) in [6.45, 7) is 9.36. The maximum Gasteiger partial charge on any atom is 0.0446 e. The van der Waals surface area contributed by atoms with Crippen LogP contribution in [-0.4, -0.2) is 31.1 Å². The molecule has 3 unspecified atom stereocenters. The van der Waals surface area contributed by atoms with Crippen molar-refractivity contribution in [3.63, 3.8) is 0 Å². The van der Waals surface area contributed by atoms with Gasteiger partial charge in [-0.05, 0) is 50.3 Å². The summed E-state index contributed by atoms with van der Waals surface area (Å²) >= 11 is 0. The highest BCUT2D eigenvalue weighted by Gasteiger charge is 2.25. The van der Waals surface area contributed by atoms with E-state index in [-0.39, 0.29) is 0 Å². The van der Waals surface area contributed by atoms with Crippen LogP contribution in [0.15, 0.2) is 24.3 Å². The number of likely N-dealkylation sites (N-methyl/N-ethyl adjacent to an activating group) is 1. The lowest BCUT2D eigenvalue weighted by Crippen LogP contribution is -2.44. The predicted octanol–water partition coefficient (Wildman–Crippen LogP) is 4.02. The zero-order chi connectivity index (χ0) is 15.2. The molecule has 1 aromatic rings. The first-order valence-corrected chi connectivity index (χ1v) is 8.64. The summed E-state index contributed by atoms with van der Waals surface area (Å²) in [5.41, 5.74) is 2.87. The average molecular weight is 288 g/mol. The van der Waals surface area contributed by atoms with E-state index in [9.17, 15) is 0 Å². The number of hydrogen-bond acceptors (Lipinski definition) is 2. The molecule has 0 saturated carbocycles. The average Bonchev–Trinajstić information content (AvgIpc) is 2.49. The third-order valence-electron chi connectivity index (χ3n) is 4.93. The molecule has 1 aliphatic heterocycles. The summed E-state index contributed by atoms with van der Waals surface area (Å²) in [6.07, 6.45) is 5.13. The molecule has 2 heteroatoms. The smallest absolute Gasteiger partial charge is 0.0446 e. The van der Waals surface area contributed by atoms with Crippen LogP contribution in [0.5, 0.6) is 0 Å². The van der Waals surface area contributed by atoms with E-state index in [1.807, 2.05) is 0 Å². The standard InChI is InChI=1S/C19H32N2/c1-5-6-17-9-11-18(12-10-17)19(20-4)14-21-13-15(2)7-8-16(21)3/h9-12,15-16,19-20H,5-8,13-14H2,1-4H3. The number of nitrogens with one attached hydrogen (secondary N) is 1. The Hall–Kier alpha value is -0.860. The molecule has 2 nitrogen and oxygen atoms in total. The van der Waals surface area contributed by atoms with Crippen molar-refractivity contribution >= 4 is 0 Å². The van der Waals surface area contributed by atoms with Gasteiger partial charge in [-0.25, -0.2) is 0 Å². The van der Waals surface area contributed by atoms with Crippen LogP contribution < -0.4 is 5.32 Å². The number of hydrogen-bond donors (Lipinski definition) is 1. The molecule has 0 aliphatic carbocycles. The van der Waals surface area contributed by atoms with Crippen molar-refractivity contribution in [1.82, 2.24) is 10.2 Å². The predicted molar refractivity (Wildman–Crippen MR) is 91.7 cm³/mol. The molecular weight excluding hydrogens is 256 g/mol. The number of aryl methyl sites for hydroxylation is 1. The van der Waals surface area contributed by atoms with Gasteiger partial charge in [0.1, 0.15) is 0 Å². The molecule has 118 valence electrons. The molecule has 2 rings (SSSR count). The van der Waals surface area contributed by atoms with Crippen LogP contribution in [0.4, 0.5) is 0 Å². The molecule has 0 spiro atoms. The number of rotatable bonds is 6. The maximum absolute atomic E-state index is 3.51. The first-order valence-electron chi connectivity index (χ1n) is 8.64. The second-order valence-corrected chi connectivity index (χ2v) is 6.82. The second-order valence-electron chi connectivity index (χ2n) is 6.82. The van der Waals surface area contributed by atoms with E-state index in [0.29, 0.717) is 6.04 Å². The minimum atomic E-state index is 0.438. The lowest BCUT2D eigenvalue weighted by Gasteiger charge is -2.38. The molecule has 0 radical (unpaired) electrons. The van der Waals surface area contributed by atoms with Gasteiger partial charge in [0.2, 0.25) is 0 Å². The molecule has 0 amide bonds. The van der Waals surface area contributed by atoms with Gasteiger partial charge in [0, 0.05) is 25.2 Å². The van der Waals surface area contributed by atoms with Gasteiger partial charge in [0.05, 0.1) is 0 Å². The molecular formula is C19H32N2. The quantitative estimate of drug-likeness (QED) is 0.850. The van der Waals surface area contributed by atoms with Crippen LogP contribution in [0.25, 0.3) is 0 Å². The SMILES string of the molecule is CCCc1ccc(C(CN2CC(C)CCC2C)NC)cc1. The number of benzene rings is 1. The molecule has 0 aromatic heterocycles. The van der Waals surface area contributed by atoms with Gasteiger partial charge in [-0.15, -0.1) is 0 Å². The Balaban J connectivity index is 2.01. The zero-order valence-electron chi connectivity index (χ0n) is 14.2. The van der Waals surface area contributed by atoms with Crippen LogP contribution in [-0.2, 0) is 6.42 Å². The van der Waals surface area contributed by atoms with Crippen LogP contribution in [0.3, 0.4) is 0 Å². The lowest BCUT2D eigenvalue weighted by molar-refractivity contribution is 0.113. The third kappa shape index (κ3) is 4.55. The Labute approximate surface area is 130 Å². The van der Waals surface area contributed by atoms with Gasteiger partial charge in [-0.2, -0.15) is 0 Å². The number of piperidine rings is 1. The Morgan fingerprint density at radius 3 is 2.52 bits per heavy atom. The van der Waals surface area contributed by atoms with Crippen molar-refractivity contribution in [1.29, 1.82) is 0 Å². The van der Waals surface area contributed by atoms with E-state index in [1.165, 1.54) is 43.4 Å². The van der Waals surface area contributed by atoms with Crippen molar-refractivity contribution in [2.45, 2.75) is 58.5 Å². The van der Waals surface area contributed by atoms with Crippen molar-refractivity contribution in [3.8, 4) is 0 Å². The molecule has 1 heterocycles. The Morgan fingerprint density at radius 2 is 1.90 bits per heavy atom. The Kier molecular flexibility index (Phi) is 6.25. The molecule has 0 bridgehead atoms. The Bertz CT molecular complexity index is 412. The molecule has 1 N–H and O–H groups in total. The van der Waals surface area contributed by atoms with Gasteiger partial charge >= 0.3 is 0 Å². The van der Waals surface area contributed by atoms with Crippen molar-refractivity contribution in [3.05, 3.63) is 35.4 Å². The molecule has 3 atom stereocenters. The summed E-state index contributed by atoms with van der Waals surface area (Å²) < 4.78 is 0. The fourth-order valence-corrected chi connectivity index (χ4v) is 3.44. The van der Waals surface area contributed by atoms with Crippen molar-refractivity contribution < 1.29 is 0 Å². The third-order valence-corrected chi connectivity index (χ3v) is 4.93. The molecule has 1 saturated heterocycles. The van der Waals surface area contributed by atoms with E-state index >= 15 is 0 Å². The number of nitrogens with zero attached hydrogens (tertiary/aromatic N) is 1. The minimum Gasteiger partial charge on any atom is -0.312 e. The summed E-state index contributed by atoms with van der Waals surface area (Å²) in [5.74, 6) is 0.839. The number of likely N-dealkylation sites (tertiary alicyclic amines) is 1. The van der Waals surface area contributed by atoms with E-state index in [4.69, 9.17) is 0 Å². The highest BCUT2D eigenvalue weighted by atomic mass is 15.2. The summed E-state index contributed by atoms with van der Waals surface area (Å²) in [4.78, 5) is 2.66. The van der Waals surface area contributed by atoms with E-state index < -0.39 is 0 Å². The van der Waals surface area contributed by atoms with Gasteiger partial charge in [-0.1, -0.05) is 44.5 Å². The van der Waals surface area contributed by atoms with E-state index in [0.717, 1.165) is 18.5 Å². The molecule has 1 fully saturated rings. The maximum atomic E-state index is 3.51. The van der Waals surface area contributed by atoms with Gasteiger partial charge < -0.3 is 5.32 Å². The van der Waals surface area contributed by atoms with E-state index in [1.54, 1.807) is 0 Å². The van der Waals surface area contributed by atoms with Gasteiger partial charge in [0.15, 0.2) is 0 Å². The second kappa shape index (κ2) is 7.95. The summed E-state index contributed by atoms with van der Waals surface area (Å²) in [5, 5.41) is 3.51. The summed E-state index contributed by atoms with van der Waals surface area (Å²) in [7, 11) is 2.09. The first-order chi connectivity index (χ1) is 10.1. The first kappa shape index (κ1) is 16.5. The molecule has 21 heavy (non-hydrogen) atoms. The van der Waals surface area contributed by atoms with Crippen molar-refractivity contribution in [2.75, 3.05) is 20.1 Å². The normalized spacial score (nSPS) is 25.0. The highest BCUT2D eigenvalue weighted by molar-refractivity contribution is 5.25. The molecule has 1 aliphatic rings.